The van der Waals surface area contributed by atoms with Gasteiger partial charge in [-0.25, -0.2) is 9.59 Å². The number of carbonyl (C=O) groups excluding carboxylic acids is 2. The molecule has 4 nitrogen and oxygen atoms in total. The topological polar surface area (TPSA) is 52.6 Å². The summed E-state index contributed by atoms with van der Waals surface area (Å²) in [7, 11) is 0. The Bertz CT molecular complexity index is 241. The smallest absolute Gasteiger partial charge is 0.350 e. The lowest BCUT2D eigenvalue weighted by molar-refractivity contribution is -0.178. The quantitative estimate of drug-likeness (QED) is 0.509. The molecule has 0 saturated heterocycles. The summed E-state index contributed by atoms with van der Waals surface area (Å²) in [6.07, 6.45) is 0.772. The standard InChI is InChI=1S/C10H16O4/c1-6-8(11)14-10(4,5)9(12)13-7(2)3/h6-7H,1H2,2-5H3. The van der Waals surface area contributed by atoms with Crippen LogP contribution >= 0.6 is 0 Å². The average molecular weight is 200 g/mol. The first-order valence-electron chi connectivity index (χ1n) is 4.36. The van der Waals surface area contributed by atoms with Crippen molar-refractivity contribution in [3.8, 4) is 0 Å². The van der Waals surface area contributed by atoms with Crippen molar-refractivity contribution in [1.82, 2.24) is 0 Å². The Hall–Kier alpha value is -1.32. The highest BCUT2D eigenvalue weighted by Gasteiger charge is 2.33. The maximum atomic E-state index is 11.4. The van der Waals surface area contributed by atoms with Gasteiger partial charge in [0.05, 0.1) is 6.10 Å². The van der Waals surface area contributed by atoms with Gasteiger partial charge in [-0.1, -0.05) is 6.58 Å². The van der Waals surface area contributed by atoms with Crippen molar-refractivity contribution >= 4 is 11.9 Å². The van der Waals surface area contributed by atoms with Gasteiger partial charge in [0.15, 0.2) is 0 Å². The van der Waals surface area contributed by atoms with Gasteiger partial charge in [0.1, 0.15) is 0 Å². The molecule has 0 aliphatic heterocycles. The largest absolute Gasteiger partial charge is 0.460 e. The van der Waals surface area contributed by atoms with Gasteiger partial charge in [-0.2, -0.15) is 0 Å². The molecule has 0 aromatic heterocycles. The second-order valence-electron chi connectivity index (χ2n) is 3.59. The highest BCUT2D eigenvalue weighted by molar-refractivity contribution is 5.87. The minimum Gasteiger partial charge on any atom is -0.460 e. The van der Waals surface area contributed by atoms with E-state index in [2.05, 4.69) is 6.58 Å². The molecule has 80 valence electrons. The zero-order chi connectivity index (χ0) is 11.4. The minimum atomic E-state index is -1.27. The number of rotatable bonds is 4. The van der Waals surface area contributed by atoms with Crippen LogP contribution in [0.25, 0.3) is 0 Å². The molecule has 0 saturated carbocycles. The van der Waals surface area contributed by atoms with Crippen LogP contribution in [-0.2, 0) is 19.1 Å². The number of carbonyl (C=O) groups is 2. The molecular weight excluding hydrogens is 184 g/mol. The van der Waals surface area contributed by atoms with Crippen LogP contribution in [0.2, 0.25) is 0 Å². The van der Waals surface area contributed by atoms with Crippen LogP contribution in [0.1, 0.15) is 27.7 Å². The van der Waals surface area contributed by atoms with E-state index < -0.39 is 17.5 Å². The van der Waals surface area contributed by atoms with Gasteiger partial charge in [0.25, 0.3) is 0 Å². The number of esters is 2. The molecule has 0 fully saturated rings. The zero-order valence-electron chi connectivity index (χ0n) is 8.99. The summed E-state index contributed by atoms with van der Waals surface area (Å²) in [5.74, 6) is -1.21. The molecule has 0 aromatic rings. The van der Waals surface area contributed by atoms with E-state index in [4.69, 9.17) is 9.47 Å². The third-order valence-electron chi connectivity index (χ3n) is 1.36. The molecule has 0 unspecified atom stereocenters. The van der Waals surface area contributed by atoms with E-state index in [9.17, 15) is 9.59 Å². The maximum absolute atomic E-state index is 11.4. The van der Waals surface area contributed by atoms with Crippen molar-refractivity contribution in [2.75, 3.05) is 0 Å². The van der Waals surface area contributed by atoms with Crippen molar-refractivity contribution in [3.05, 3.63) is 12.7 Å². The highest BCUT2D eigenvalue weighted by atomic mass is 16.6. The summed E-state index contributed by atoms with van der Waals surface area (Å²) in [5.41, 5.74) is -1.27. The molecule has 0 bridgehead atoms. The molecule has 0 aliphatic rings. The average Bonchev–Trinajstić information content (AvgIpc) is 2.02. The first-order chi connectivity index (χ1) is 6.29. The summed E-state index contributed by atoms with van der Waals surface area (Å²) in [5, 5.41) is 0. The van der Waals surface area contributed by atoms with Gasteiger partial charge in [-0.05, 0) is 27.7 Å². The fourth-order valence-corrected chi connectivity index (χ4v) is 0.691. The second-order valence-corrected chi connectivity index (χ2v) is 3.59. The highest BCUT2D eigenvalue weighted by Crippen LogP contribution is 2.13. The van der Waals surface area contributed by atoms with Crippen LogP contribution in [-0.4, -0.2) is 23.6 Å². The summed E-state index contributed by atoms with van der Waals surface area (Å²) >= 11 is 0. The van der Waals surface area contributed by atoms with Gasteiger partial charge in [-0.15, -0.1) is 0 Å². The molecule has 14 heavy (non-hydrogen) atoms. The lowest BCUT2D eigenvalue weighted by Gasteiger charge is -2.23. The third kappa shape index (κ3) is 4.07. The van der Waals surface area contributed by atoms with Crippen molar-refractivity contribution in [1.29, 1.82) is 0 Å². The molecule has 0 aliphatic carbocycles. The van der Waals surface area contributed by atoms with Crippen molar-refractivity contribution in [2.45, 2.75) is 39.4 Å². The number of hydrogen-bond donors (Lipinski definition) is 0. The van der Waals surface area contributed by atoms with Crippen LogP contribution in [0.3, 0.4) is 0 Å². The summed E-state index contributed by atoms with van der Waals surface area (Å²) in [6, 6.07) is 0. The predicted molar refractivity (Wildman–Crippen MR) is 51.6 cm³/mol. The van der Waals surface area contributed by atoms with Crippen molar-refractivity contribution < 1.29 is 19.1 Å². The van der Waals surface area contributed by atoms with E-state index in [1.165, 1.54) is 13.8 Å². The fourth-order valence-electron chi connectivity index (χ4n) is 0.691. The van der Waals surface area contributed by atoms with E-state index >= 15 is 0 Å². The molecule has 0 heterocycles. The molecule has 0 amide bonds. The van der Waals surface area contributed by atoms with Gasteiger partial charge in [0, 0.05) is 6.08 Å². The summed E-state index contributed by atoms with van der Waals surface area (Å²) in [4.78, 5) is 22.3. The Morgan fingerprint density at radius 2 is 1.86 bits per heavy atom. The van der Waals surface area contributed by atoms with Crippen LogP contribution in [0.4, 0.5) is 0 Å². The summed E-state index contributed by atoms with van der Waals surface area (Å²) in [6.45, 7) is 9.63. The lowest BCUT2D eigenvalue weighted by Crippen LogP contribution is -2.39. The number of hydrogen-bond acceptors (Lipinski definition) is 4. The Morgan fingerprint density at radius 1 is 1.36 bits per heavy atom. The molecule has 0 radical (unpaired) electrons. The normalized spacial score (nSPS) is 10.9. The van der Waals surface area contributed by atoms with Crippen LogP contribution < -0.4 is 0 Å². The minimum absolute atomic E-state index is 0.232. The Kier molecular flexibility index (Phi) is 4.34. The van der Waals surface area contributed by atoms with Crippen LogP contribution in [0.15, 0.2) is 12.7 Å². The molecule has 0 rings (SSSR count). The van der Waals surface area contributed by atoms with E-state index in [1.807, 2.05) is 0 Å². The van der Waals surface area contributed by atoms with E-state index in [0.29, 0.717) is 0 Å². The molecule has 0 N–H and O–H groups in total. The molecule has 0 atom stereocenters. The first-order valence-corrected chi connectivity index (χ1v) is 4.36. The van der Waals surface area contributed by atoms with Gasteiger partial charge >= 0.3 is 11.9 Å². The van der Waals surface area contributed by atoms with Crippen LogP contribution in [0, 0.1) is 0 Å². The zero-order valence-corrected chi connectivity index (χ0v) is 8.99. The monoisotopic (exact) mass is 200 g/mol. The SMILES string of the molecule is C=CC(=O)OC(C)(C)C(=O)OC(C)C. The second kappa shape index (κ2) is 4.79. The molecule has 4 heteroatoms. The van der Waals surface area contributed by atoms with Gasteiger partial charge in [-0.3, -0.25) is 0 Å². The van der Waals surface area contributed by atoms with E-state index in [0.717, 1.165) is 6.08 Å². The predicted octanol–water partition coefficient (Wildman–Crippen LogP) is 1.45. The Labute approximate surface area is 83.9 Å². The maximum Gasteiger partial charge on any atom is 0.350 e. The molecular formula is C10H16O4. The Morgan fingerprint density at radius 3 is 2.21 bits per heavy atom. The van der Waals surface area contributed by atoms with E-state index in [1.54, 1.807) is 13.8 Å². The third-order valence-corrected chi connectivity index (χ3v) is 1.36. The molecule has 0 spiro atoms. The fraction of sp³-hybridized carbons (Fsp3) is 0.600. The van der Waals surface area contributed by atoms with Crippen molar-refractivity contribution in [2.24, 2.45) is 0 Å². The van der Waals surface area contributed by atoms with E-state index in [-0.39, 0.29) is 6.10 Å². The molecule has 0 aromatic carbocycles. The first kappa shape index (κ1) is 12.7. The van der Waals surface area contributed by atoms with Gasteiger partial charge < -0.3 is 9.47 Å². The van der Waals surface area contributed by atoms with Crippen molar-refractivity contribution in [3.63, 3.8) is 0 Å². The summed E-state index contributed by atoms with van der Waals surface area (Å²) < 4.78 is 9.73. The number of ether oxygens (including phenoxy) is 2. The lowest BCUT2D eigenvalue weighted by atomic mass is 10.1. The van der Waals surface area contributed by atoms with Crippen LogP contribution in [0.5, 0.6) is 0 Å². The van der Waals surface area contributed by atoms with Gasteiger partial charge in [0.2, 0.25) is 5.60 Å². The Balaban J connectivity index is 4.37.